The molecule has 2 N–H and O–H groups in total. The van der Waals surface area contributed by atoms with Crippen LogP contribution < -0.4 is 5.84 Å². The maximum Gasteiger partial charge on any atom is 0.144 e. The van der Waals surface area contributed by atoms with E-state index in [2.05, 4.69) is 16.6 Å². The molecule has 15 heavy (non-hydrogen) atoms. The van der Waals surface area contributed by atoms with E-state index in [0.29, 0.717) is 5.57 Å². The Hall–Kier alpha value is -2.35. The number of rotatable bonds is 3. The first-order valence-corrected chi connectivity index (χ1v) is 4.24. The minimum Gasteiger partial charge on any atom is -0.373 e. The van der Waals surface area contributed by atoms with Crippen molar-refractivity contribution in [3.05, 3.63) is 47.6 Å². The summed E-state index contributed by atoms with van der Waals surface area (Å²) in [6, 6.07) is 2.05. The third kappa shape index (κ3) is 3.91. The maximum atomic E-state index is 8.70. The molecule has 0 spiro atoms. The summed E-state index contributed by atoms with van der Waals surface area (Å²) in [5, 5.41) is 14.9. The van der Waals surface area contributed by atoms with E-state index < -0.39 is 0 Å². The van der Waals surface area contributed by atoms with Crippen molar-refractivity contribution in [1.29, 1.82) is 5.26 Å². The lowest BCUT2D eigenvalue weighted by atomic mass is 10.1. The molecule has 0 radical (unpaired) electrons. The van der Waals surface area contributed by atoms with Gasteiger partial charge in [0.05, 0.1) is 11.6 Å². The first-order valence-electron chi connectivity index (χ1n) is 4.24. The van der Waals surface area contributed by atoms with E-state index in [9.17, 15) is 0 Å². The minimum atomic E-state index is 0.264. The highest BCUT2D eigenvalue weighted by molar-refractivity contribution is 5.42. The van der Waals surface area contributed by atoms with Crippen LogP contribution >= 0.6 is 0 Å². The van der Waals surface area contributed by atoms with Gasteiger partial charge in [0.2, 0.25) is 0 Å². The van der Waals surface area contributed by atoms with E-state index in [4.69, 9.17) is 15.9 Å². The molecule has 0 saturated heterocycles. The van der Waals surface area contributed by atoms with E-state index in [1.807, 2.05) is 12.2 Å². The van der Waals surface area contributed by atoms with Crippen LogP contribution in [0.1, 0.15) is 0 Å². The van der Waals surface area contributed by atoms with Crippen molar-refractivity contribution in [3.8, 4) is 6.07 Å². The van der Waals surface area contributed by atoms with Crippen LogP contribution in [0.15, 0.2) is 58.1 Å². The quantitative estimate of drug-likeness (QED) is 0.430. The minimum absolute atomic E-state index is 0.264. The number of nitriles is 1. The highest BCUT2D eigenvalue weighted by Gasteiger charge is 1.94. The van der Waals surface area contributed by atoms with Gasteiger partial charge in [-0.15, -0.1) is 0 Å². The van der Waals surface area contributed by atoms with Crippen LogP contribution in [0.3, 0.4) is 0 Å². The predicted molar refractivity (Wildman–Crippen MR) is 55.1 cm³/mol. The zero-order valence-electron chi connectivity index (χ0n) is 8.00. The predicted octanol–water partition coefficient (Wildman–Crippen LogP) is 1.75. The van der Waals surface area contributed by atoms with Gasteiger partial charge >= 0.3 is 0 Å². The topological polar surface area (TPSA) is 83.8 Å². The Kier molecular flexibility index (Phi) is 4.40. The monoisotopic (exact) mass is 202 g/mol. The van der Waals surface area contributed by atoms with Crippen LogP contribution in [0.25, 0.3) is 0 Å². The molecule has 0 heterocycles. The fourth-order valence-electron chi connectivity index (χ4n) is 0.954. The fourth-order valence-corrected chi connectivity index (χ4v) is 0.954. The molecular formula is C10H10N4O. The molecule has 0 bridgehead atoms. The molecule has 0 amide bonds. The van der Waals surface area contributed by atoms with Gasteiger partial charge in [0.15, 0.2) is 0 Å². The number of hydrogen-bond donors (Lipinski definition) is 1. The van der Waals surface area contributed by atoms with Crippen molar-refractivity contribution >= 4 is 0 Å². The largest absolute Gasteiger partial charge is 0.373 e. The van der Waals surface area contributed by atoms with Crippen LogP contribution in [0.4, 0.5) is 0 Å². The molecule has 1 aliphatic rings. The van der Waals surface area contributed by atoms with E-state index in [1.165, 1.54) is 0 Å². The van der Waals surface area contributed by atoms with Crippen molar-refractivity contribution in [2.24, 2.45) is 16.3 Å². The van der Waals surface area contributed by atoms with E-state index >= 15 is 0 Å². The second-order valence-corrected chi connectivity index (χ2v) is 2.66. The van der Waals surface area contributed by atoms with Gasteiger partial charge in [-0.1, -0.05) is 24.3 Å². The number of nitrogens with two attached hydrogens (primary N) is 1. The lowest BCUT2D eigenvalue weighted by Crippen LogP contribution is -1.92. The number of hydrogen-bond acceptors (Lipinski definition) is 4. The standard InChI is InChI=1S/C10H10N4O/c11-7-9-3-1-2-4-10(6-5-9)8-15-14-13-12/h1-6H,8H2,(H2,12,14)/b2-1?,3-1?,4-2+,6-5?,9-3?,9-5?,10-4?,10-6+. The van der Waals surface area contributed by atoms with E-state index in [0.717, 1.165) is 5.57 Å². The van der Waals surface area contributed by atoms with Crippen molar-refractivity contribution in [2.45, 2.75) is 0 Å². The molecule has 76 valence electrons. The van der Waals surface area contributed by atoms with Gasteiger partial charge in [0, 0.05) is 5.28 Å². The summed E-state index contributed by atoms with van der Waals surface area (Å²) in [7, 11) is 0. The maximum absolute atomic E-state index is 8.70. The zero-order chi connectivity index (χ0) is 10.9. The molecule has 1 aliphatic carbocycles. The first-order chi connectivity index (χ1) is 7.36. The van der Waals surface area contributed by atoms with Crippen molar-refractivity contribution in [3.63, 3.8) is 0 Å². The van der Waals surface area contributed by atoms with Crippen LogP contribution in [-0.4, -0.2) is 6.61 Å². The van der Waals surface area contributed by atoms with E-state index in [-0.39, 0.29) is 6.61 Å². The molecule has 0 aliphatic heterocycles. The fraction of sp³-hybridized carbons (Fsp3) is 0.100. The Morgan fingerprint density at radius 1 is 1.33 bits per heavy atom. The van der Waals surface area contributed by atoms with E-state index in [1.54, 1.807) is 24.3 Å². The molecule has 0 aromatic carbocycles. The molecule has 1 rings (SSSR count). The third-order valence-corrected chi connectivity index (χ3v) is 1.64. The zero-order valence-corrected chi connectivity index (χ0v) is 8.00. The molecule has 0 saturated carbocycles. The highest BCUT2D eigenvalue weighted by Crippen LogP contribution is 2.06. The lowest BCUT2D eigenvalue weighted by molar-refractivity contribution is 0.145. The van der Waals surface area contributed by atoms with Gasteiger partial charge < -0.3 is 10.7 Å². The van der Waals surface area contributed by atoms with Crippen LogP contribution in [0.2, 0.25) is 0 Å². The molecule has 0 aromatic rings. The van der Waals surface area contributed by atoms with Crippen molar-refractivity contribution in [1.82, 2.24) is 0 Å². The second-order valence-electron chi connectivity index (χ2n) is 2.66. The van der Waals surface area contributed by atoms with Crippen LogP contribution in [-0.2, 0) is 4.84 Å². The molecule has 0 aromatic heterocycles. The summed E-state index contributed by atoms with van der Waals surface area (Å²) in [5.41, 5.74) is 1.46. The Bertz CT molecular complexity index is 396. The van der Waals surface area contributed by atoms with Crippen molar-refractivity contribution < 1.29 is 4.84 Å². The van der Waals surface area contributed by atoms with Crippen LogP contribution in [0.5, 0.6) is 0 Å². The lowest BCUT2D eigenvalue weighted by Gasteiger charge is -1.99. The Balaban J connectivity index is 2.68. The summed E-state index contributed by atoms with van der Waals surface area (Å²) in [5.74, 6) is 4.77. The summed E-state index contributed by atoms with van der Waals surface area (Å²) in [4.78, 5) is 4.77. The Morgan fingerprint density at radius 2 is 2.13 bits per heavy atom. The third-order valence-electron chi connectivity index (χ3n) is 1.64. The summed E-state index contributed by atoms with van der Waals surface area (Å²) in [6.45, 7) is 0.264. The average Bonchev–Trinajstić information content (AvgIpc) is 2.22. The van der Waals surface area contributed by atoms with Gasteiger partial charge in [0.25, 0.3) is 0 Å². The van der Waals surface area contributed by atoms with Gasteiger partial charge in [-0.2, -0.15) is 5.26 Å². The van der Waals surface area contributed by atoms with Gasteiger partial charge in [-0.25, -0.2) is 0 Å². The second kappa shape index (κ2) is 6.16. The number of allylic oxidation sites excluding steroid dienone is 6. The SMILES string of the molecule is N#CC1=C/C=C(CON=NN)\C=C\C=C1. The molecule has 5 heteroatoms. The summed E-state index contributed by atoms with van der Waals surface area (Å²) >= 11 is 0. The Morgan fingerprint density at radius 3 is 2.87 bits per heavy atom. The van der Waals surface area contributed by atoms with Crippen LogP contribution in [0, 0.1) is 11.3 Å². The van der Waals surface area contributed by atoms with Gasteiger partial charge in [0.1, 0.15) is 6.61 Å². The smallest absolute Gasteiger partial charge is 0.144 e. The van der Waals surface area contributed by atoms with Crippen molar-refractivity contribution in [2.75, 3.05) is 6.61 Å². The van der Waals surface area contributed by atoms with Gasteiger partial charge in [-0.3, -0.25) is 0 Å². The molecule has 5 nitrogen and oxygen atoms in total. The normalized spacial score (nSPS) is 20.7. The number of nitrogens with zero attached hydrogens (tertiary/aromatic N) is 3. The molecular weight excluding hydrogens is 192 g/mol. The molecule has 0 unspecified atom stereocenters. The molecule has 0 atom stereocenters. The summed E-state index contributed by atoms with van der Waals surface area (Å²) in [6.07, 6.45) is 10.7. The average molecular weight is 202 g/mol. The summed E-state index contributed by atoms with van der Waals surface area (Å²) < 4.78 is 0. The highest BCUT2D eigenvalue weighted by atomic mass is 16.6. The first kappa shape index (κ1) is 10.7. The van der Waals surface area contributed by atoms with Gasteiger partial charge in [-0.05, 0) is 22.9 Å². The molecule has 0 fully saturated rings. The Labute approximate surface area is 87.5 Å².